The van der Waals surface area contributed by atoms with Crippen molar-refractivity contribution in [2.45, 2.75) is 19.4 Å². The first-order chi connectivity index (χ1) is 13.9. The van der Waals surface area contributed by atoms with Crippen LogP contribution in [0.3, 0.4) is 0 Å². The van der Waals surface area contributed by atoms with E-state index in [4.69, 9.17) is 11.6 Å². The molecule has 3 rings (SSSR count). The summed E-state index contributed by atoms with van der Waals surface area (Å²) in [5, 5.41) is 2.89. The Kier molecular flexibility index (Phi) is 7.23. The SMILES string of the molecule is CN(CCCNC(=O)[C@H]1CC(=O)N(c2ccc(F)c(Cl)c2)C1)Cc1ccccc1. The van der Waals surface area contributed by atoms with Gasteiger partial charge in [0.25, 0.3) is 0 Å². The molecule has 2 aromatic rings. The fourth-order valence-electron chi connectivity index (χ4n) is 3.46. The van der Waals surface area contributed by atoms with E-state index in [0.717, 1.165) is 19.5 Å². The molecule has 1 aliphatic heterocycles. The van der Waals surface area contributed by atoms with Crippen molar-refractivity contribution in [3.05, 3.63) is 64.9 Å². The van der Waals surface area contributed by atoms with E-state index in [-0.39, 0.29) is 29.8 Å². The van der Waals surface area contributed by atoms with E-state index < -0.39 is 11.7 Å². The molecular formula is C22H25ClFN3O2. The zero-order valence-corrected chi connectivity index (χ0v) is 17.2. The minimum absolute atomic E-state index is 0.0391. The van der Waals surface area contributed by atoms with Crippen molar-refractivity contribution in [1.29, 1.82) is 0 Å². The monoisotopic (exact) mass is 417 g/mol. The molecule has 2 amide bonds. The number of carbonyl (C=O) groups excluding carboxylic acids is 2. The second kappa shape index (κ2) is 9.85. The summed E-state index contributed by atoms with van der Waals surface area (Å²) in [6, 6.07) is 14.4. The molecule has 7 heteroatoms. The van der Waals surface area contributed by atoms with Gasteiger partial charge in [0.05, 0.1) is 10.9 Å². The van der Waals surface area contributed by atoms with Gasteiger partial charge in [-0.3, -0.25) is 9.59 Å². The fraction of sp³-hybridized carbons (Fsp3) is 0.364. The number of anilines is 1. The highest BCUT2D eigenvalue weighted by Crippen LogP contribution is 2.28. The molecule has 0 radical (unpaired) electrons. The van der Waals surface area contributed by atoms with Crippen molar-refractivity contribution in [3.8, 4) is 0 Å². The lowest BCUT2D eigenvalue weighted by atomic mass is 10.1. The number of hydrogen-bond donors (Lipinski definition) is 1. The Labute approximate surface area is 175 Å². The average molecular weight is 418 g/mol. The average Bonchev–Trinajstić information content (AvgIpc) is 3.10. The van der Waals surface area contributed by atoms with Crippen LogP contribution in [0.2, 0.25) is 5.02 Å². The van der Waals surface area contributed by atoms with Gasteiger partial charge < -0.3 is 15.1 Å². The second-order valence-electron chi connectivity index (χ2n) is 7.37. The highest BCUT2D eigenvalue weighted by molar-refractivity contribution is 6.31. The van der Waals surface area contributed by atoms with Crippen molar-refractivity contribution < 1.29 is 14.0 Å². The van der Waals surface area contributed by atoms with Crippen LogP contribution in [0.1, 0.15) is 18.4 Å². The number of benzene rings is 2. The molecule has 1 N–H and O–H groups in total. The largest absolute Gasteiger partial charge is 0.356 e. The molecule has 1 aliphatic rings. The molecule has 0 bridgehead atoms. The smallest absolute Gasteiger partial charge is 0.227 e. The number of halogens is 2. The third kappa shape index (κ3) is 5.78. The van der Waals surface area contributed by atoms with E-state index in [1.807, 2.05) is 18.2 Å². The van der Waals surface area contributed by atoms with Crippen molar-refractivity contribution in [1.82, 2.24) is 10.2 Å². The lowest BCUT2D eigenvalue weighted by Crippen LogP contribution is -2.34. The first-order valence-electron chi connectivity index (χ1n) is 9.69. The van der Waals surface area contributed by atoms with Crippen LogP contribution in [0.4, 0.5) is 10.1 Å². The van der Waals surface area contributed by atoms with E-state index in [0.29, 0.717) is 12.2 Å². The van der Waals surface area contributed by atoms with Crippen LogP contribution >= 0.6 is 11.6 Å². The van der Waals surface area contributed by atoms with Crippen LogP contribution in [0, 0.1) is 11.7 Å². The fourth-order valence-corrected chi connectivity index (χ4v) is 3.64. The number of hydrogen-bond acceptors (Lipinski definition) is 3. The minimum atomic E-state index is -0.534. The minimum Gasteiger partial charge on any atom is -0.356 e. The first kappa shape index (κ1) is 21.3. The zero-order valence-electron chi connectivity index (χ0n) is 16.4. The van der Waals surface area contributed by atoms with Gasteiger partial charge in [0, 0.05) is 31.7 Å². The summed E-state index contributed by atoms with van der Waals surface area (Å²) in [7, 11) is 2.05. The van der Waals surface area contributed by atoms with Gasteiger partial charge in [-0.15, -0.1) is 0 Å². The molecule has 1 heterocycles. The van der Waals surface area contributed by atoms with E-state index in [1.54, 1.807) is 0 Å². The second-order valence-corrected chi connectivity index (χ2v) is 7.78. The number of carbonyl (C=O) groups is 2. The van der Waals surface area contributed by atoms with Gasteiger partial charge in [0.1, 0.15) is 5.82 Å². The van der Waals surface area contributed by atoms with Crippen LogP contribution in [-0.4, -0.2) is 43.4 Å². The highest BCUT2D eigenvalue weighted by Gasteiger charge is 2.35. The molecule has 154 valence electrons. The normalized spacial score (nSPS) is 16.5. The Morgan fingerprint density at radius 2 is 2.03 bits per heavy atom. The Hall–Kier alpha value is -2.44. The van der Waals surface area contributed by atoms with Gasteiger partial charge in [0.15, 0.2) is 0 Å². The molecular weight excluding hydrogens is 393 g/mol. The molecule has 1 fully saturated rings. The molecule has 29 heavy (non-hydrogen) atoms. The third-order valence-corrected chi connectivity index (χ3v) is 5.31. The number of amides is 2. The van der Waals surface area contributed by atoms with Crippen molar-refractivity contribution in [3.63, 3.8) is 0 Å². The Bertz CT molecular complexity index is 862. The maximum atomic E-state index is 13.3. The van der Waals surface area contributed by atoms with Crippen molar-refractivity contribution in [2.24, 2.45) is 5.92 Å². The van der Waals surface area contributed by atoms with Crippen LogP contribution in [0.5, 0.6) is 0 Å². The Balaban J connectivity index is 1.42. The standard InChI is InChI=1S/C22H25ClFN3O2/c1-26(14-16-6-3-2-4-7-16)11-5-10-25-22(29)17-12-21(28)27(15-17)18-8-9-20(24)19(23)13-18/h2-4,6-9,13,17H,5,10-12,14-15H2,1H3,(H,25,29)/t17-/m0/s1. The molecule has 0 saturated carbocycles. The first-order valence-corrected chi connectivity index (χ1v) is 10.1. The third-order valence-electron chi connectivity index (χ3n) is 5.02. The van der Waals surface area contributed by atoms with E-state index in [2.05, 4.69) is 29.4 Å². The predicted molar refractivity (Wildman–Crippen MR) is 112 cm³/mol. The van der Waals surface area contributed by atoms with E-state index in [9.17, 15) is 14.0 Å². The molecule has 1 atom stereocenters. The molecule has 0 aliphatic carbocycles. The molecule has 2 aromatic carbocycles. The highest BCUT2D eigenvalue weighted by atomic mass is 35.5. The summed E-state index contributed by atoms with van der Waals surface area (Å²) < 4.78 is 13.3. The van der Waals surface area contributed by atoms with E-state index >= 15 is 0 Å². The maximum absolute atomic E-state index is 13.3. The number of nitrogens with zero attached hydrogens (tertiary/aromatic N) is 2. The Morgan fingerprint density at radius 3 is 2.76 bits per heavy atom. The molecule has 1 saturated heterocycles. The van der Waals surface area contributed by atoms with Gasteiger partial charge in [-0.05, 0) is 43.8 Å². The number of nitrogens with one attached hydrogen (secondary N) is 1. The van der Waals surface area contributed by atoms with Gasteiger partial charge in [0.2, 0.25) is 11.8 Å². The van der Waals surface area contributed by atoms with Crippen LogP contribution in [0.25, 0.3) is 0 Å². The van der Waals surface area contributed by atoms with Gasteiger partial charge in [-0.2, -0.15) is 0 Å². The van der Waals surface area contributed by atoms with Crippen LogP contribution in [-0.2, 0) is 16.1 Å². The lowest BCUT2D eigenvalue weighted by molar-refractivity contribution is -0.126. The van der Waals surface area contributed by atoms with Crippen molar-refractivity contribution >= 4 is 29.1 Å². The quantitative estimate of drug-likeness (QED) is 0.669. The van der Waals surface area contributed by atoms with Gasteiger partial charge in [-0.25, -0.2) is 4.39 Å². The van der Waals surface area contributed by atoms with Crippen molar-refractivity contribution in [2.75, 3.05) is 31.6 Å². The Morgan fingerprint density at radius 1 is 1.28 bits per heavy atom. The summed E-state index contributed by atoms with van der Waals surface area (Å²) >= 11 is 5.80. The summed E-state index contributed by atoms with van der Waals surface area (Å²) in [5.41, 5.74) is 1.77. The topological polar surface area (TPSA) is 52.7 Å². The van der Waals surface area contributed by atoms with Gasteiger partial charge in [-0.1, -0.05) is 41.9 Å². The summed E-state index contributed by atoms with van der Waals surface area (Å²) in [6.07, 6.45) is 0.974. The van der Waals surface area contributed by atoms with Crippen LogP contribution < -0.4 is 10.2 Å². The predicted octanol–water partition coefficient (Wildman–Crippen LogP) is 3.47. The van der Waals surface area contributed by atoms with Gasteiger partial charge >= 0.3 is 0 Å². The maximum Gasteiger partial charge on any atom is 0.227 e. The summed E-state index contributed by atoms with van der Waals surface area (Å²) in [6.45, 7) is 2.56. The lowest BCUT2D eigenvalue weighted by Gasteiger charge is -2.18. The number of rotatable bonds is 8. The zero-order chi connectivity index (χ0) is 20.8. The van der Waals surface area contributed by atoms with E-state index in [1.165, 1.54) is 28.7 Å². The van der Waals surface area contributed by atoms with Crippen LogP contribution in [0.15, 0.2) is 48.5 Å². The molecule has 0 spiro atoms. The summed E-state index contributed by atoms with van der Waals surface area (Å²) in [4.78, 5) is 28.4. The summed E-state index contributed by atoms with van der Waals surface area (Å²) in [5.74, 6) is -1.22. The molecule has 5 nitrogen and oxygen atoms in total. The molecule has 0 unspecified atom stereocenters. The molecule has 0 aromatic heterocycles.